The second kappa shape index (κ2) is 13.6. The number of rotatable bonds is 10. The number of carbonyl (C=O) groups excluding carboxylic acids is 5. The van der Waals surface area contributed by atoms with E-state index in [2.05, 4.69) is 20.6 Å². The highest BCUT2D eigenvalue weighted by molar-refractivity contribution is 7.80. The Labute approximate surface area is 255 Å². The number of para-hydroxylation sites is 1. The van der Waals surface area contributed by atoms with Crippen molar-refractivity contribution in [3.63, 3.8) is 0 Å². The molecule has 14 nitrogen and oxygen atoms in total. The zero-order valence-electron chi connectivity index (χ0n) is 23.3. The van der Waals surface area contributed by atoms with Crippen molar-refractivity contribution in [3.05, 3.63) is 66.2 Å². The van der Waals surface area contributed by atoms with Crippen LogP contribution in [0.5, 0.6) is 11.5 Å². The largest absolute Gasteiger partial charge is 0.481 e. The molecule has 0 bridgehead atoms. The van der Waals surface area contributed by atoms with Crippen LogP contribution in [-0.2, 0) is 28.7 Å². The number of carboxylic acids is 1. The highest BCUT2D eigenvalue weighted by Crippen LogP contribution is 2.26. The van der Waals surface area contributed by atoms with Crippen LogP contribution in [0.4, 0.5) is 10.5 Å². The number of esters is 1. The number of nitrogens with zero attached hydrogens (tertiary/aromatic N) is 3. The molecular weight excluding hydrogens is 594 g/mol. The van der Waals surface area contributed by atoms with Crippen LogP contribution in [0, 0.1) is 5.92 Å². The fourth-order valence-electron chi connectivity index (χ4n) is 4.03. The van der Waals surface area contributed by atoms with Gasteiger partial charge in [-0.15, -0.1) is 0 Å². The molecule has 226 valence electrons. The number of amides is 5. The van der Waals surface area contributed by atoms with E-state index in [1.54, 1.807) is 43.3 Å². The first-order valence-corrected chi connectivity index (χ1v) is 13.5. The highest BCUT2D eigenvalue weighted by Gasteiger charge is 2.36. The Kier molecular flexibility index (Phi) is 9.70. The Hall–Kier alpha value is -5.57. The normalized spacial score (nSPS) is 18.7. The summed E-state index contributed by atoms with van der Waals surface area (Å²) >= 11 is 5.21. The van der Waals surface area contributed by atoms with Gasteiger partial charge < -0.3 is 19.9 Å². The van der Waals surface area contributed by atoms with Crippen molar-refractivity contribution >= 4 is 70.6 Å². The molecule has 0 saturated carbocycles. The molecule has 1 fully saturated rings. The van der Waals surface area contributed by atoms with Gasteiger partial charge in [0.1, 0.15) is 22.8 Å². The van der Waals surface area contributed by atoms with Crippen molar-refractivity contribution in [2.45, 2.75) is 32.4 Å². The number of hydrogen-bond donors (Lipinski definition) is 3. The Bertz CT molecular complexity index is 1620. The Balaban J connectivity index is 1.50. The minimum atomic E-state index is -1.46. The van der Waals surface area contributed by atoms with Gasteiger partial charge in [0.25, 0.3) is 17.7 Å². The molecule has 0 radical (unpaired) electrons. The first kappa shape index (κ1) is 31.4. The van der Waals surface area contributed by atoms with E-state index in [0.29, 0.717) is 11.5 Å². The third-order valence-electron chi connectivity index (χ3n) is 6.18. The van der Waals surface area contributed by atoms with Gasteiger partial charge in [0.15, 0.2) is 11.2 Å². The Morgan fingerprint density at radius 3 is 2.41 bits per heavy atom. The van der Waals surface area contributed by atoms with Crippen molar-refractivity contribution in [1.82, 2.24) is 10.6 Å². The van der Waals surface area contributed by atoms with Gasteiger partial charge in [-0.3, -0.25) is 29.4 Å². The molecule has 4 rings (SSSR count). The lowest BCUT2D eigenvalue weighted by Crippen LogP contribution is -2.55. The predicted octanol–water partition coefficient (Wildman–Crippen LogP) is 2.33. The fraction of sp³-hybridized carbons (Fsp3) is 0.207. The molecule has 2 aromatic rings. The van der Waals surface area contributed by atoms with Crippen LogP contribution in [-0.4, -0.2) is 70.0 Å². The van der Waals surface area contributed by atoms with E-state index in [4.69, 9.17) is 21.7 Å². The summed E-state index contributed by atoms with van der Waals surface area (Å²) in [7, 11) is 0. The molecule has 3 N–H and O–H groups in total. The summed E-state index contributed by atoms with van der Waals surface area (Å²) in [5.41, 5.74) is -0.453. The molecule has 2 heterocycles. The van der Waals surface area contributed by atoms with Crippen LogP contribution in [0.3, 0.4) is 0 Å². The molecule has 1 saturated heterocycles. The van der Waals surface area contributed by atoms with Gasteiger partial charge in [-0.1, -0.05) is 25.1 Å². The quantitative estimate of drug-likeness (QED) is 0.154. The van der Waals surface area contributed by atoms with Gasteiger partial charge in [0.05, 0.1) is 18.2 Å². The topological polar surface area (TPSA) is 193 Å². The number of thiocarbonyl (C=S) groups is 1. The van der Waals surface area contributed by atoms with Gasteiger partial charge in [-0.25, -0.2) is 14.6 Å². The number of carboxylic acid groups (broad SMARTS) is 1. The molecule has 0 aliphatic carbocycles. The maximum atomic E-state index is 13.4. The molecule has 15 heteroatoms. The van der Waals surface area contributed by atoms with E-state index in [0.717, 1.165) is 11.0 Å². The first-order chi connectivity index (χ1) is 20.9. The summed E-state index contributed by atoms with van der Waals surface area (Å²) in [6.07, 6.45) is 0.0149. The summed E-state index contributed by atoms with van der Waals surface area (Å²) in [5, 5.41) is 13.9. The second-order valence-corrected chi connectivity index (χ2v) is 9.88. The number of benzene rings is 2. The van der Waals surface area contributed by atoms with Crippen LogP contribution < -0.4 is 20.3 Å². The number of nitrogens with one attached hydrogen (secondary N) is 2. The third kappa shape index (κ3) is 7.63. The van der Waals surface area contributed by atoms with Crippen molar-refractivity contribution < 1.29 is 43.3 Å². The van der Waals surface area contributed by atoms with Crippen LogP contribution in [0.15, 0.2) is 76.2 Å². The van der Waals surface area contributed by atoms with Crippen LogP contribution in [0.25, 0.3) is 0 Å². The van der Waals surface area contributed by atoms with Gasteiger partial charge in [0, 0.05) is 12.1 Å². The lowest BCUT2D eigenvalue weighted by Gasteiger charge is -2.29. The highest BCUT2D eigenvalue weighted by atomic mass is 32.1. The fourth-order valence-corrected chi connectivity index (χ4v) is 4.31. The van der Waals surface area contributed by atoms with Crippen LogP contribution >= 0.6 is 12.2 Å². The lowest BCUT2D eigenvalue weighted by molar-refractivity contribution is -0.149. The number of carbonyl (C=O) groups is 6. The van der Waals surface area contributed by atoms with E-state index in [-0.39, 0.29) is 16.5 Å². The van der Waals surface area contributed by atoms with Gasteiger partial charge >= 0.3 is 18.0 Å². The molecule has 2 aliphatic heterocycles. The average molecular weight is 620 g/mol. The number of urea groups is 1. The standard InChI is InChI=1S/C29H25N5O9S/c1-15-14-30-28(41)32-23(15)27(40)42-16(2)24(37)31-17(13-22(35)36)12-21-25(38)33-29(44)34(26(21)39)18-8-10-20(11-9-18)43-19-6-4-3-5-7-19/h3-12,14-17H,13H2,1-2H3,(H,31,37)(H,35,36)(H,33,38,44)/b21-12+. The zero-order valence-corrected chi connectivity index (χ0v) is 24.1. The average Bonchev–Trinajstić information content (AvgIpc) is 2.97. The SMILES string of the molecule is CC1C=NC(=O)N=C1C(=O)OC(C)C(=O)NC(/C=C1\C(=O)NC(=S)N(c2ccc(Oc3ccccc3)cc2)C1=O)CC(=O)O. The lowest BCUT2D eigenvalue weighted by atomic mass is 10.0. The summed E-state index contributed by atoms with van der Waals surface area (Å²) in [6, 6.07) is 13.0. The van der Waals surface area contributed by atoms with Gasteiger partial charge in [0.2, 0.25) is 0 Å². The smallest absolute Gasteiger partial charge is 0.367 e. The molecule has 44 heavy (non-hydrogen) atoms. The van der Waals surface area contributed by atoms with Crippen LogP contribution in [0.1, 0.15) is 20.3 Å². The second-order valence-electron chi connectivity index (χ2n) is 9.50. The number of hydrogen-bond acceptors (Lipinski definition) is 9. The molecule has 0 spiro atoms. The molecular formula is C29H25N5O9S. The number of ether oxygens (including phenoxy) is 2. The predicted molar refractivity (Wildman–Crippen MR) is 159 cm³/mol. The monoisotopic (exact) mass is 619 g/mol. The van der Waals surface area contributed by atoms with Crippen molar-refractivity contribution in [3.8, 4) is 11.5 Å². The van der Waals surface area contributed by atoms with E-state index < -0.39 is 65.7 Å². The van der Waals surface area contributed by atoms with E-state index in [9.17, 15) is 33.9 Å². The Morgan fingerprint density at radius 2 is 1.75 bits per heavy atom. The van der Waals surface area contributed by atoms with E-state index >= 15 is 0 Å². The molecule has 5 amide bonds. The maximum absolute atomic E-state index is 13.4. The molecule has 0 aromatic heterocycles. The number of anilines is 1. The van der Waals surface area contributed by atoms with Gasteiger partial charge in [-0.05, 0) is 61.6 Å². The summed E-state index contributed by atoms with van der Waals surface area (Å²) in [6.45, 7) is 2.76. The van der Waals surface area contributed by atoms with Crippen molar-refractivity contribution in [2.75, 3.05) is 4.90 Å². The maximum Gasteiger partial charge on any atom is 0.367 e. The minimum absolute atomic E-state index is 0.211. The molecule has 2 aromatic carbocycles. The summed E-state index contributed by atoms with van der Waals surface area (Å²) < 4.78 is 10.9. The minimum Gasteiger partial charge on any atom is -0.481 e. The molecule has 3 unspecified atom stereocenters. The molecule has 2 aliphatic rings. The van der Waals surface area contributed by atoms with E-state index in [1.165, 1.54) is 13.1 Å². The van der Waals surface area contributed by atoms with Crippen molar-refractivity contribution in [2.24, 2.45) is 15.9 Å². The summed E-state index contributed by atoms with van der Waals surface area (Å²) in [5.74, 6) is -4.68. The van der Waals surface area contributed by atoms with E-state index in [1.807, 2.05) is 18.2 Å². The number of aliphatic carboxylic acids is 1. The zero-order chi connectivity index (χ0) is 32.0. The third-order valence-corrected chi connectivity index (χ3v) is 6.47. The number of aliphatic imine (C=N–C) groups is 2. The van der Waals surface area contributed by atoms with Crippen LogP contribution in [0.2, 0.25) is 0 Å². The summed E-state index contributed by atoms with van der Waals surface area (Å²) in [4.78, 5) is 82.5. The molecule has 3 atom stereocenters. The first-order valence-electron chi connectivity index (χ1n) is 13.1. The van der Waals surface area contributed by atoms with Gasteiger partial charge in [-0.2, -0.15) is 4.99 Å². The Morgan fingerprint density at radius 1 is 1.09 bits per heavy atom. The van der Waals surface area contributed by atoms with Crippen molar-refractivity contribution in [1.29, 1.82) is 0 Å².